The van der Waals surface area contributed by atoms with E-state index in [2.05, 4.69) is 10.6 Å². The SMILES string of the molecule is CCC(CC)(CNC(=O)OC(C)(C)C)NC(=O)c1ccc(N2CCCC2)c(F)c1. The molecule has 1 fully saturated rings. The molecule has 2 N–H and O–H groups in total. The second-order valence-electron chi connectivity index (χ2n) is 8.66. The molecule has 29 heavy (non-hydrogen) atoms. The predicted molar refractivity (Wildman–Crippen MR) is 113 cm³/mol. The molecule has 6 nitrogen and oxygen atoms in total. The van der Waals surface area contributed by atoms with Crippen molar-refractivity contribution in [2.45, 2.75) is 71.4 Å². The molecular formula is C22H34FN3O3. The zero-order valence-corrected chi connectivity index (χ0v) is 18.2. The third-order valence-electron chi connectivity index (χ3n) is 5.36. The van der Waals surface area contributed by atoms with Gasteiger partial charge in [-0.1, -0.05) is 13.8 Å². The van der Waals surface area contributed by atoms with E-state index in [9.17, 15) is 14.0 Å². The lowest BCUT2D eigenvalue weighted by molar-refractivity contribution is 0.0502. The molecular weight excluding hydrogens is 373 g/mol. The van der Waals surface area contributed by atoms with Crippen LogP contribution in [-0.4, -0.2) is 42.8 Å². The average Bonchev–Trinajstić information content (AvgIpc) is 3.18. The van der Waals surface area contributed by atoms with E-state index < -0.39 is 17.2 Å². The first kappa shape index (κ1) is 23.0. The lowest BCUT2D eigenvalue weighted by atomic mass is 9.92. The number of nitrogens with one attached hydrogen (secondary N) is 2. The van der Waals surface area contributed by atoms with Gasteiger partial charge in [0.1, 0.15) is 11.4 Å². The van der Waals surface area contributed by atoms with E-state index >= 15 is 0 Å². The molecule has 1 saturated heterocycles. The summed E-state index contributed by atoms with van der Waals surface area (Å²) in [6.07, 6.45) is 2.81. The minimum Gasteiger partial charge on any atom is -0.444 e. The number of halogens is 1. The fraction of sp³-hybridized carbons (Fsp3) is 0.636. The number of rotatable bonds is 7. The smallest absolute Gasteiger partial charge is 0.407 e. The molecule has 0 radical (unpaired) electrons. The van der Waals surface area contributed by atoms with Crippen LogP contribution >= 0.6 is 0 Å². The molecule has 0 saturated carbocycles. The molecule has 0 aliphatic carbocycles. The average molecular weight is 408 g/mol. The summed E-state index contributed by atoms with van der Waals surface area (Å²) in [5.41, 5.74) is -0.418. The third-order valence-corrected chi connectivity index (χ3v) is 5.36. The molecule has 162 valence electrons. The number of hydrogen-bond donors (Lipinski definition) is 2. The number of nitrogens with zero attached hydrogens (tertiary/aromatic N) is 1. The van der Waals surface area contributed by atoms with Gasteiger partial charge >= 0.3 is 6.09 Å². The molecule has 2 rings (SSSR count). The van der Waals surface area contributed by atoms with E-state index in [0.29, 0.717) is 18.5 Å². The maximum absolute atomic E-state index is 14.6. The highest BCUT2D eigenvalue weighted by atomic mass is 19.1. The minimum atomic E-state index is -0.641. The number of anilines is 1. The topological polar surface area (TPSA) is 70.7 Å². The van der Waals surface area contributed by atoms with E-state index in [0.717, 1.165) is 25.9 Å². The van der Waals surface area contributed by atoms with Crippen molar-refractivity contribution in [1.82, 2.24) is 10.6 Å². The van der Waals surface area contributed by atoms with Crippen molar-refractivity contribution < 1.29 is 18.7 Å². The molecule has 0 spiro atoms. The van der Waals surface area contributed by atoms with Crippen molar-refractivity contribution in [3.63, 3.8) is 0 Å². The van der Waals surface area contributed by atoms with E-state index in [-0.39, 0.29) is 23.8 Å². The van der Waals surface area contributed by atoms with Crippen LogP contribution in [-0.2, 0) is 4.74 Å². The van der Waals surface area contributed by atoms with Gasteiger partial charge in [0.15, 0.2) is 0 Å². The molecule has 1 aromatic carbocycles. The summed E-state index contributed by atoms with van der Waals surface area (Å²) in [6, 6.07) is 4.62. The highest BCUT2D eigenvalue weighted by molar-refractivity contribution is 5.95. The normalized spacial score (nSPS) is 14.6. The number of alkyl carbamates (subject to hydrolysis) is 1. The van der Waals surface area contributed by atoms with Gasteiger partial charge in [0.05, 0.1) is 11.2 Å². The highest BCUT2D eigenvalue weighted by Crippen LogP contribution is 2.25. The number of carbonyl (C=O) groups is 2. The van der Waals surface area contributed by atoms with E-state index in [1.165, 1.54) is 6.07 Å². The van der Waals surface area contributed by atoms with Crippen LogP contribution in [0.3, 0.4) is 0 Å². The Bertz CT molecular complexity index is 721. The van der Waals surface area contributed by atoms with Crippen molar-refractivity contribution in [2.75, 3.05) is 24.5 Å². The van der Waals surface area contributed by atoms with Gasteiger partial charge < -0.3 is 20.3 Å². The quantitative estimate of drug-likeness (QED) is 0.709. The Morgan fingerprint density at radius 1 is 1.14 bits per heavy atom. The lowest BCUT2D eigenvalue weighted by Gasteiger charge is -2.33. The van der Waals surface area contributed by atoms with Crippen LogP contribution in [0.5, 0.6) is 0 Å². The zero-order chi connectivity index (χ0) is 21.7. The molecule has 1 heterocycles. The van der Waals surface area contributed by atoms with E-state index in [4.69, 9.17) is 4.74 Å². The number of hydrogen-bond acceptors (Lipinski definition) is 4. The first-order valence-electron chi connectivity index (χ1n) is 10.4. The van der Waals surface area contributed by atoms with Crippen molar-refractivity contribution in [3.05, 3.63) is 29.6 Å². The molecule has 2 amide bonds. The summed E-state index contributed by atoms with van der Waals surface area (Å²) < 4.78 is 19.8. The van der Waals surface area contributed by atoms with Crippen LogP contribution in [0.2, 0.25) is 0 Å². The second-order valence-corrected chi connectivity index (χ2v) is 8.66. The first-order chi connectivity index (χ1) is 13.6. The van der Waals surface area contributed by atoms with Gasteiger partial charge in [-0.25, -0.2) is 9.18 Å². The number of amides is 2. The van der Waals surface area contributed by atoms with Crippen LogP contribution in [0.1, 0.15) is 70.7 Å². The summed E-state index contributed by atoms with van der Waals surface area (Å²) in [4.78, 5) is 26.8. The third kappa shape index (κ3) is 6.34. The number of carbonyl (C=O) groups excluding carboxylic acids is 2. The summed E-state index contributed by atoms with van der Waals surface area (Å²) in [5, 5.41) is 5.73. The molecule has 0 atom stereocenters. The van der Waals surface area contributed by atoms with E-state index in [1.807, 2.05) is 18.7 Å². The second kappa shape index (κ2) is 9.46. The molecule has 0 unspecified atom stereocenters. The van der Waals surface area contributed by atoms with Crippen molar-refractivity contribution in [1.29, 1.82) is 0 Å². The Labute approximate surface area is 173 Å². The van der Waals surface area contributed by atoms with Crippen LogP contribution in [0.4, 0.5) is 14.9 Å². The van der Waals surface area contributed by atoms with Gasteiger partial charge in [-0.15, -0.1) is 0 Å². The van der Waals surface area contributed by atoms with Gasteiger partial charge in [0.2, 0.25) is 0 Å². The monoisotopic (exact) mass is 407 g/mol. The van der Waals surface area contributed by atoms with Crippen LogP contribution in [0.15, 0.2) is 18.2 Å². The summed E-state index contributed by atoms with van der Waals surface area (Å²) >= 11 is 0. The maximum atomic E-state index is 14.6. The molecule has 1 aliphatic rings. The zero-order valence-electron chi connectivity index (χ0n) is 18.2. The Hall–Kier alpha value is -2.31. The minimum absolute atomic E-state index is 0.231. The Kier molecular flexibility index (Phi) is 7.49. The Morgan fingerprint density at radius 3 is 2.28 bits per heavy atom. The van der Waals surface area contributed by atoms with Gasteiger partial charge in [-0.2, -0.15) is 0 Å². The summed E-state index contributed by atoms with van der Waals surface area (Å²) in [7, 11) is 0. The molecule has 1 aliphatic heterocycles. The van der Waals surface area contributed by atoms with Crippen LogP contribution < -0.4 is 15.5 Å². The van der Waals surface area contributed by atoms with Crippen molar-refractivity contribution >= 4 is 17.7 Å². The first-order valence-corrected chi connectivity index (χ1v) is 10.4. The van der Waals surface area contributed by atoms with Gasteiger partial charge in [-0.05, 0) is 64.7 Å². The number of benzene rings is 1. The standard InChI is InChI=1S/C22H34FN3O3/c1-6-22(7-2,15-24-20(28)29-21(3,4)5)25-19(27)16-10-11-18(17(23)14-16)26-12-8-9-13-26/h10-11,14H,6-9,12-13,15H2,1-5H3,(H,24,28)(H,25,27). The lowest BCUT2D eigenvalue weighted by Crippen LogP contribution is -2.55. The summed E-state index contributed by atoms with van der Waals surface area (Å²) in [5.74, 6) is -0.739. The largest absolute Gasteiger partial charge is 0.444 e. The highest BCUT2D eigenvalue weighted by Gasteiger charge is 2.30. The fourth-order valence-electron chi connectivity index (χ4n) is 3.45. The number of ether oxygens (including phenoxy) is 1. The molecule has 7 heteroatoms. The maximum Gasteiger partial charge on any atom is 0.407 e. The Balaban J connectivity index is 2.06. The fourth-order valence-corrected chi connectivity index (χ4v) is 3.45. The van der Waals surface area contributed by atoms with Gasteiger partial charge in [0, 0.05) is 25.2 Å². The van der Waals surface area contributed by atoms with Crippen molar-refractivity contribution in [2.24, 2.45) is 0 Å². The van der Waals surface area contributed by atoms with Gasteiger partial charge in [0.25, 0.3) is 5.91 Å². The molecule has 0 aromatic heterocycles. The summed E-state index contributed by atoms with van der Waals surface area (Å²) in [6.45, 7) is 11.2. The molecule has 1 aromatic rings. The molecule has 0 bridgehead atoms. The van der Waals surface area contributed by atoms with Crippen molar-refractivity contribution in [3.8, 4) is 0 Å². The van der Waals surface area contributed by atoms with Crippen LogP contribution in [0.25, 0.3) is 0 Å². The van der Waals surface area contributed by atoms with E-state index in [1.54, 1.807) is 32.9 Å². The van der Waals surface area contributed by atoms with Gasteiger partial charge in [-0.3, -0.25) is 4.79 Å². The predicted octanol–water partition coefficient (Wildman–Crippen LogP) is 4.24. The Morgan fingerprint density at radius 2 is 1.76 bits per heavy atom. The van der Waals surface area contributed by atoms with Crippen LogP contribution in [0, 0.1) is 5.82 Å².